The molecule has 2 aromatic rings. The van der Waals surface area contributed by atoms with Crippen LogP contribution in [0.15, 0.2) is 42.5 Å². The number of hydrogen-bond acceptors (Lipinski definition) is 5. The zero-order chi connectivity index (χ0) is 19.2. The van der Waals surface area contributed by atoms with Crippen molar-refractivity contribution in [3.05, 3.63) is 53.9 Å². The SMILES string of the molecule is CCN1CCN(C(=O)c2cccc(C(=O)Nc3ccccc3OC)n2)CC1. The number of nitrogens with one attached hydrogen (secondary N) is 1. The van der Waals surface area contributed by atoms with Crippen LogP contribution in [-0.2, 0) is 0 Å². The summed E-state index contributed by atoms with van der Waals surface area (Å²) in [5, 5.41) is 2.78. The Hall–Kier alpha value is -2.93. The summed E-state index contributed by atoms with van der Waals surface area (Å²) in [6.07, 6.45) is 0. The summed E-state index contributed by atoms with van der Waals surface area (Å²) in [5.74, 6) is 0.0366. The second-order valence-electron chi connectivity index (χ2n) is 6.29. The van der Waals surface area contributed by atoms with Crippen LogP contribution >= 0.6 is 0 Å². The van der Waals surface area contributed by atoms with Crippen molar-refractivity contribution in [2.45, 2.75) is 6.92 Å². The van der Waals surface area contributed by atoms with Gasteiger partial charge < -0.3 is 19.9 Å². The number of anilines is 1. The van der Waals surface area contributed by atoms with Gasteiger partial charge in [0.25, 0.3) is 11.8 Å². The molecule has 0 saturated carbocycles. The summed E-state index contributed by atoms with van der Waals surface area (Å²) >= 11 is 0. The highest BCUT2D eigenvalue weighted by molar-refractivity contribution is 6.04. The third kappa shape index (κ3) is 4.43. The van der Waals surface area contributed by atoms with Gasteiger partial charge in [-0.2, -0.15) is 0 Å². The van der Waals surface area contributed by atoms with Crippen LogP contribution < -0.4 is 10.1 Å². The number of rotatable bonds is 5. The molecule has 1 saturated heterocycles. The maximum atomic E-state index is 12.7. The molecule has 0 unspecified atom stereocenters. The number of piperazine rings is 1. The largest absolute Gasteiger partial charge is 0.495 e. The molecule has 1 aromatic heterocycles. The topological polar surface area (TPSA) is 74.8 Å². The molecule has 1 aliphatic rings. The average molecular weight is 368 g/mol. The third-order valence-corrected chi connectivity index (χ3v) is 4.66. The highest BCUT2D eigenvalue weighted by atomic mass is 16.5. The molecule has 0 radical (unpaired) electrons. The van der Waals surface area contributed by atoms with E-state index in [1.54, 1.807) is 48.4 Å². The lowest BCUT2D eigenvalue weighted by Crippen LogP contribution is -2.48. The number of pyridine rings is 1. The Balaban J connectivity index is 1.71. The van der Waals surface area contributed by atoms with E-state index in [1.165, 1.54) is 0 Å². The summed E-state index contributed by atoms with van der Waals surface area (Å²) in [4.78, 5) is 33.6. The van der Waals surface area contributed by atoms with Gasteiger partial charge in [0.05, 0.1) is 12.8 Å². The number of methoxy groups -OCH3 is 1. The minimum absolute atomic E-state index is 0.141. The first-order chi connectivity index (χ1) is 13.1. The Labute approximate surface area is 158 Å². The zero-order valence-corrected chi connectivity index (χ0v) is 15.6. The van der Waals surface area contributed by atoms with Crippen molar-refractivity contribution in [2.75, 3.05) is 45.2 Å². The van der Waals surface area contributed by atoms with Crippen molar-refractivity contribution >= 4 is 17.5 Å². The predicted molar refractivity (Wildman–Crippen MR) is 103 cm³/mol. The van der Waals surface area contributed by atoms with E-state index in [2.05, 4.69) is 22.1 Å². The van der Waals surface area contributed by atoms with Crippen molar-refractivity contribution in [3.63, 3.8) is 0 Å². The number of amides is 2. The first-order valence-electron chi connectivity index (χ1n) is 9.05. The molecule has 1 aromatic carbocycles. The molecular formula is C20H24N4O3. The normalized spacial score (nSPS) is 14.7. The van der Waals surface area contributed by atoms with E-state index < -0.39 is 0 Å². The van der Waals surface area contributed by atoms with E-state index in [0.717, 1.165) is 19.6 Å². The molecule has 1 aliphatic heterocycles. The molecule has 2 heterocycles. The fraction of sp³-hybridized carbons (Fsp3) is 0.350. The van der Waals surface area contributed by atoms with Gasteiger partial charge in [0.2, 0.25) is 0 Å². The van der Waals surface area contributed by atoms with E-state index in [1.807, 2.05) is 6.07 Å². The van der Waals surface area contributed by atoms with Crippen LogP contribution in [0.25, 0.3) is 0 Å². The smallest absolute Gasteiger partial charge is 0.274 e. The first-order valence-corrected chi connectivity index (χ1v) is 9.05. The van der Waals surface area contributed by atoms with E-state index in [9.17, 15) is 9.59 Å². The highest BCUT2D eigenvalue weighted by Gasteiger charge is 2.23. The number of likely N-dealkylation sites (N-methyl/N-ethyl adjacent to an activating group) is 1. The van der Waals surface area contributed by atoms with Crippen LogP contribution in [0, 0.1) is 0 Å². The van der Waals surface area contributed by atoms with E-state index in [4.69, 9.17) is 4.74 Å². The van der Waals surface area contributed by atoms with Gasteiger partial charge in [-0.25, -0.2) is 4.98 Å². The van der Waals surface area contributed by atoms with Gasteiger partial charge in [-0.15, -0.1) is 0 Å². The predicted octanol–water partition coefficient (Wildman–Crippen LogP) is 2.12. The van der Waals surface area contributed by atoms with E-state index in [-0.39, 0.29) is 23.2 Å². The van der Waals surface area contributed by atoms with Crippen molar-refractivity contribution in [1.82, 2.24) is 14.8 Å². The van der Waals surface area contributed by atoms with Crippen molar-refractivity contribution in [3.8, 4) is 5.75 Å². The van der Waals surface area contributed by atoms with Gasteiger partial charge in [0, 0.05) is 26.2 Å². The number of nitrogens with zero attached hydrogens (tertiary/aromatic N) is 3. The van der Waals surface area contributed by atoms with Gasteiger partial charge in [-0.3, -0.25) is 9.59 Å². The Morgan fingerprint density at radius 3 is 2.44 bits per heavy atom. The van der Waals surface area contributed by atoms with Crippen LogP contribution in [-0.4, -0.2) is 66.4 Å². The highest BCUT2D eigenvalue weighted by Crippen LogP contribution is 2.23. The Morgan fingerprint density at radius 1 is 1.04 bits per heavy atom. The molecule has 27 heavy (non-hydrogen) atoms. The molecule has 7 nitrogen and oxygen atoms in total. The molecule has 142 valence electrons. The quantitative estimate of drug-likeness (QED) is 0.875. The summed E-state index contributed by atoms with van der Waals surface area (Å²) in [5.41, 5.74) is 1.03. The van der Waals surface area contributed by atoms with Gasteiger partial charge in [0.15, 0.2) is 0 Å². The van der Waals surface area contributed by atoms with Gasteiger partial charge in [0.1, 0.15) is 17.1 Å². The standard InChI is InChI=1S/C20H24N4O3/c1-3-23-11-13-24(14-12-23)20(26)17-9-6-8-16(21-17)19(25)22-15-7-4-5-10-18(15)27-2/h4-10H,3,11-14H2,1-2H3,(H,22,25). The maximum Gasteiger partial charge on any atom is 0.274 e. The zero-order valence-electron chi connectivity index (χ0n) is 15.6. The molecule has 0 spiro atoms. The Morgan fingerprint density at radius 2 is 1.74 bits per heavy atom. The van der Waals surface area contributed by atoms with Crippen molar-refractivity contribution < 1.29 is 14.3 Å². The molecule has 0 aliphatic carbocycles. The molecular weight excluding hydrogens is 344 g/mol. The van der Waals surface area contributed by atoms with Gasteiger partial charge in [-0.1, -0.05) is 25.1 Å². The molecule has 1 fully saturated rings. The molecule has 0 bridgehead atoms. The molecule has 0 atom stereocenters. The fourth-order valence-electron chi connectivity index (χ4n) is 3.04. The third-order valence-electron chi connectivity index (χ3n) is 4.66. The minimum Gasteiger partial charge on any atom is -0.495 e. The minimum atomic E-state index is -0.384. The summed E-state index contributed by atoms with van der Waals surface area (Å²) < 4.78 is 5.24. The molecule has 3 rings (SSSR count). The van der Waals surface area contributed by atoms with E-state index >= 15 is 0 Å². The number of benzene rings is 1. The lowest BCUT2D eigenvalue weighted by atomic mass is 10.2. The van der Waals surface area contributed by atoms with Crippen LogP contribution in [0.1, 0.15) is 27.9 Å². The fourth-order valence-corrected chi connectivity index (χ4v) is 3.04. The first kappa shape index (κ1) is 18.8. The summed E-state index contributed by atoms with van der Waals surface area (Å²) in [6.45, 7) is 6.16. The van der Waals surface area contributed by atoms with Crippen LogP contribution in [0.5, 0.6) is 5.75 Å². The number of carbonyl (C=O) groups is 2. The lowest BCUT2D eigenvalue weighted by molar-refractivity contribution is 0.0637. The van der Waals surface area contributed by atoms with Crippen molar-refractivity contribution in [1.29, 1.82) is 0 Å². The van der Waals surface area contributed by atoms with Crippen molar-refractivity contribution in [2.24, 2.45) is 0 Å². The maximum absolute atomic E-state index is 12.7. The van der Waals surface area contributed by atoms with Crippen LogP contribution in [0.2, 0.25) is 0 Å². The Kier molecular flexibility index (Phi) is 6.03. The second kappa shape index (κ2) is 8.64. The second-order valence-corrected chi connectivity index (χ2v) is 6.29. The number of aromatic nitrogens is 1. The number of carbonyl (C=O) groups excluding carboxylic acids is 2. The summed E-state index contributed by atoms with van der Waals surface area (Å²) in [7, 11) is 1.54. The molecule has 1 N–H and O–H groups in total. The van der Waals surface area contributed by atoms with Gasteiger partial charge >= 0.3 is 0 Å². The van der Waals surface area contributed by atoms with Crippen LogP contribution in [0.4, 0.5) is 5.69 Å². The number of hydrogen-bond donors (Lipinski definition) is 1. The summed E-state index contributed by atoms with van der Waals surface area (Å²) in [6, 6.07) is 12.1. The average Bonchev–Trinajstić information content (AvgIpc) is 2.73. The number of para-hydroxylation sites is 2. The monoisotopic (exact) mass is 368 g/mol. The Bertz CT molecular complexity index is 816. The van der Waals surface area contributed by atoms with Gasteiger partial charge in [-0.05, 0) is 30.8 Å². The lowest BCUT2D eigenvalue weighted by Gasteiger charge is -2.33. The number of ether oxygens (including phenoxy) is 1. The van der Waals surface area contributed by atoms with Crippen LogP contribution in [0.3, 0.4) is 0 Å². The molecule has 7 heteroatoms. The van der Waals surface area contributed by atoms with E-state index in [0.29, 0.717) is 24.5 Å². The molecule has 2 amide bonds.